The van der Waals surface area contributed by atoms with E-state index in [9.17, 15) is 4.79 Å². The fourth-order valence-electron chi connectivity index (χ4n) is 7.17. The van der Waals surface area contributed by atoms with E-state index in [2.05, 4.69) is 50.1 Å². The van der Waals surface area contributed by atoms with Crippen LogP contribution >= 0.6 is 11.3 Å². The zero-order valence-electron chi connectivity index (χ0n) is 21.0. The summed E-state index contributed by atoms with van der Waals surface area (Å²) in [5.41, 5.74) is 3.26. The van der Waals surface area contributed by atoms with Crippen LogP contribution in [0.15, 0.2) is 54.6 Å². The number of nitrogens with zero attached hydrogens (tertiary/aromatic N) is 3. The van der Waals surface area contributed by atoms with E-state index in [1.54, 1.807) is 11.3 Å². The van der Waals surface area contributed by atoms with Gasteiger partial charge >= 0.3 is 0 Å². The number of aromatic nitrogens is 2. The van der Waals surface area contributed by atoms with Gasteiger partial charge < -0.3 is 0 Å². The number of amides is 1. The Bertz CT molecular complexity index is 1170. The summed E-state index contributed by atoms with van der Waals surface area (Å²) in [6, 6.07) is 18.3. The highest BCUT2D eigenvalue weighted by molar-refractivity contribution is 7.15. The van der Waals surface area contributed by atoms with Crippen molar-refractivity contribution in [2.75, 3.05) is 4.90 Å². The monoisotopic (exact) mass is 485 g/mol. The predicted octanol–water partition coefficient (Wildman–Crippen LogP) is 7.15. The Hall–Kier alpha value is -2.53. The number of carbonyl (C=O) groups excluding carboxylic acids is 1. The lowest BCUT2D eigenvalue weighted by atomic mass is 9.50. The second-order valence-electron chi connectivity index (χ2n) is 12.3. The third-order valence-corrected chi connectivity index (χ3v) is 9.76. The molecular weight excluding hydrogens is 450 g/mol. The molecule has 2 aromatic carbocycles. The molecule has 35 heavy (non-hydrogen) atoms. The molecule has 4 saturated carbocycles. The average molecular weight is 486 g/mol. The summed E-state index contributed by atoms with van der Waals surface area (Å²) >= 11 is 1.66. The summed E-state index contributed by atoms with van der Waals surface area (Å²) < 4.78 is 0. The highest BCUT2D eigenvalue weighted by Gasteiger charge is 2.53. The predicted molar refractivity (Wildman–Crippen MR) is 142 cm³/mol. The Morgan fingerprint density at radius 2 is 1.51 bits per heavy atom. The van der Waals surface area contributed by atoms with Crippen LogP contribution in [0, 0.1) is 17.8 Å². The van der Waals surface area contributed by atoms with Crippen molar-refractivity contribution in [3.8, 4) is 0 Å². The summed E-state index contributed by atoms with van der Waals surface area (Å²) in [6.07, 6.45) is 8.01. The van der Waals surface area contributed by atoms with E-state index >= 15 is 0 Å². The van der Waals surface area contributed by atoms with Crippen molar-refractivity contribution in [3.05, 3.63) is 76.3 Å². The highest BCUT2D eigenvalue weighted by atomic mass is 32.1. The van der Waals surface area contributed by atoms with E-state index in [0.717, 1.165) is 28.4 Å². The maximum absolute atomic E-state index is 13.8. The molecule has 4 bridgehead atoms. The molecule has 4 aliphatic rings. The third kappa shape index (κ3) is 4.33. The quantitative estimate of drug-likeness (QED) is 0.385. The SMILES string of the molecule is CC(C)(C)c1ccc(C(=O)N(Cc2ccccc2)c2nnc(C34CC5CC(CC(C5)C3)C4)s2)cc1. The van der Waals surface area contributed by atoms with Crippen LogP contribution in [-0.4, -0.2) is 16.1 Å². The molecule has 4 aliphatic carbocycles. The van der Waals surface area contributed by atoms with E-state index in [1.165, 1.54) is 49.1 Å². The summed E-state index contributed by atoms with van der Waals surface area (Å²) in [5.74, 6) is 2.56. The average Bonchev–Trinajstić information content (AvgIpc) is 3.33. The standard InChI is InChI=1S/C30H35N3OS/c1-29(2,3)25-11-9-24(10-12-25)26(34)33(19-20-7-5-4-6-8-20)28-32-31-27(35-28)30-16-21-13-22(17-30)15-23(14-21)18-30/h4-12,21-23H,13-19H2,1-3H3. The maximum atomic E-state index is 13.8. The second-order valence-corrected chi connectivity index (χ2v) is 13.2. The van der Waals surface area contributed by atoms with E-state index in [1.807, 2.05) is 35.2 Å². The van der Waals surface area contributed by atoms with E-state index < -0.39 is 0 Å². The third-order valence-electron chi connectivity index (χ3n) is 8.56. The molecule has 0 atom stereocenters. The number of hydrogen-bond acceptors (Lipinski definition) is 4. The zero-order valence-corrected chi connectivity index (χ0v) is 21.9. The molecule has 0 spiro atoms. The number of rotatable bonds is 5. The highest BCUT2D eigenvalue weighted by Crippen LogP contribution is 2.61. The van der Waals surface area contributed by atoms with E-state index in [-0.39, 0.29) is 16.7 Å². The molecule has 4 nitrogen and oxygen atoms in total. The second kappa shape index (κ2) is 8.55. The number of benzene rings is 2. The van der Waals surface area contributed by atoms with Gasteiger partial charge in [-0.25, -0.2) is 0 Å². The minimum absolute atomic E-state index is 0.0116. The van der Waals surface area contributed by atoms with Crippen LogP contribution in [0.1, 0.15) is 85.8 Å². The number of hydrogen-bond donors (Lipinski definition) is 0. The van der Waals surface area contributed by atoms with Gasteiger partial charge in [-0.3, -0.25) is 9.69 Å². The molecule has 1 aromatic heterocycles. The molecule has 3 aromatic rings. The van der Waals surface area contributed by atoms with E-state index in [4.69, 9.17) is 5.10 Å². The van der Waals surface area contributed by atoms with Crippen molar-refractivity contribution in [3.63, 3.8) is 0 Å². The summed E-state index contributed by atoms with van der Waals surface area (Å²) in [6.45, 7) is 7.08. The van der Waals surface area contributed by atoms with Crippen LogP contribution in [-0.2, 0) is 17.4 Å². The maximum Gasteiger partial charge on any atom is 0.260 e. The molecular formula is C30H35N3OS. The van der Waals surface area contributed by atoms with E-state index in [0.29, 0.717) is 12.1 Å². The minimum atomic E-state index is -0.0116. The van der Waals surface area contributed by atoms with Crippen molar-refractivity contribution < 1.29 is 4.79 Å². The van der Waals surface area contributed by atoms with Crippen LogP contribution in [0.5, 0.6) is 0 Å². The van der Waals surface area contributed by atoms with Crippen molar-refractivity contribution in [2.45, 2.75) is 76.7 Å². The Kier molecular flexibility index (Phi) is 5.59. The van der Waals surface area contributed by atoms with Crippen LogP contribution in [0.4, 0.5) is 5.13 Å². The molecule has 0 saturated heterocycles. The molecule has 7 rings (SSSR count). The van der Waals surface area contributed by atoms with Gasteiger partial charge in [0, 0.05) is 11.0 Å². The molecule has 0 radical (unpaired) electrons. The van der Waals surface area contributed by atoms with Gasteiger partial charge in [0.05, 0.1) is 6.54 Å². The normalized spacial score (nSPS) is 27.2. The van der Waals surface area contributed by atoms with Gasteiger partial charge in [0.2, 0.25) is 5.13 Å². The molecule has 182 valence electrons. The Balaban J connectivity index is 1.32. The summed E-state index contributed by atoms with van der Waals surface area (Å²) in [4.78, 5) is 15.7. The molecule has 0 unspecified atom stereocenters. The summed E-state index contributed by atoms with van der Waals surface area (Å²) in [5, 5.41) is 11.3. The van der Waals surface area contributed by atoms with Crippen LogP contribution in [0.2, 0.25) is 0 Å². The largest absolute Gasteiger partial charge is 0.278 e. The van der Waals surface area contributed by atoms with Gasteiger partial charge in [0.15, 0.2) is 0 Å². The molecule has 0 aliphatic heterocycles. The minimum Gasteiger partial charge on any atom is -0.278 e. The fraction of sp³-hybridized carbons (Fsp3) is 0.500. The smallest absolute Gasteiger partial charge is 0.260 e. The van der Waals surface area contributed by atoms with Gasteiger partial charge in [0.25, 0.3) is 5.91 Å². The molecule has 4 fully saturated rings. The topological polar surface area (TPSA) is 46.1 Å². The summed E-state index contributed by atoms with van der Waals surface area (Å²) in [7, 11) is 0. The number of anilines is 1. The lowest BCUT2D eigenvalue weighted by Gasteiger charge is -2.55. The van der Waals surface area contributed by atoms with Crippen LogP contribution < -0.4 is 4.90 Å². The lowest BCUT2D eigenvalue weighted by Crippen LogP contribution is -2.48. The van der Waals surface area contributed by atoms with Crippen molar-refractivity contribution in [1.29, 1.82) is 0 Å². The van der Waals surface area contributed by atoms with Gasteiger partial charge in [-0.15, -0.1) is 10.2 Å². The Morgan fingerprint density at radius 3 is 2.09 bits per heavy atom. The number of carbonyl (C=O) groups is 1. The van der Waals surface area contributed by atoms with Gasteiger partial charge in [-0.05, 0) is 85.0 Å². The van der Waals surface area contributed by atoms with Crippen molar-refractivity contribution in [2.24, 2.45) is 17.8 Å². The first-order chi connectivity index (χ1) is 16.8. The molecule has 1 heterocycles. The van der Waals surface area contributed by atoms with Gasteiger partial charge in [-0.1, -0.05) is 74.6 Å². The molecule has 0 N–H and O–H groups in total. The van der Waals surface area contributed by atoms with Gasteiger partial charge in [0.1, 0.15) is 5.01 Å². The Morgan fingerprint density at radius 1 is 0.914 bits per heavy atom. The van der Waals surface area contributed by atoms with Crippen LogP contribution in [0.3, 0.4) is 0 Å². The molecule has 5 heteroatoms. The zero-order chi connectivity index (χ0) is 24.2. The van der Waals surface area contributed by atoms with Gasteiger partial charge in [-0.2, -0.15) is 0 Å². The molecule has 1 amide bonds. The first-order valence-corrected chi connectivity index (χ1v) is 13.9. The first kappa shape index (κ1) is 22.9. The fourth-order valence-corrected chi connectivity index (χ4v) is 8.23. The van der Waals surface area contributed by atoms with Crippen molar-refractivity contribution in [1.82, 2.24) is 10.2 Å². The van der Waals surface area contributed by atoms with Crippen molar-refractivity contribution >= 4 is 22.4 Å². The Labute approximate surface area is 212 Å². The lowest BCUT2D eigenvalue weighted by molar-refractivity contribution is -0.00555. The van der Waals surface area contributed by atoms with Crippen LogP contribution in [0.25, 0.3) is 0 Å². The first-order valence-electron chi connectivity index (χ1n) is 13.1.